The van der Waals surface area contributed by atoms with Gasteiger partial charge in [-0.25, -0.2) is 5.32 Å². The van der Waals surface area contributed by atoms with Crippen molar-refractivity contribution in [3.05, 3.63) is 35.4 Å². The van der Waals surface area contributed by atoms with Crippen LogP contribution in [0.25, 0.3) is 0 Å². The van der Waals surface area contributed by atoms with Crippen LogP contribution in [0.2, 0.25) is 0 Å². The molecule has 5 heteroatoms. The van der Waals surface area contributed by atoms with Gasteiger partial charge < -0.3 is 0 Å². The lowest BCUT2D eigenvalue weighted by molar-refractivity contribution is -0.137. The van der Waals surface area contributed by atoms with Gasteiger partial charge in [-0.05, 0) is 30.9 Å². The van der Waals surface area contributed by atoms with Crippen LogP contribution in [-0.2, 0) is 17.4 Å². The van der Waals surface area contributed by atoms with E-state index < -0.39 is 11.7 Å². The van der Waals surface area contributed by atoms with E-state index in [2.05, 4.69) is 5.32 Å². The normalized spacial score (nSPS) is 16.2. The Kier molecular flexibility index (Phi) is 3.59. The highest BCUT2D eigenvalue weighted by Gasteiger charge is 2.30. The lowest BCUT2D eigenvalue weighted by Crippen LogP contribution is -2.34. The maximum absolute atomic E-state index is 12.5. The van der Waals surface area contributed by atoms with Crippen LogP contribution in [-0.4, -0.2) is 11.9 Å². The van der Waals surface area contributed by atoms with Crippen LogP contribution in [0.3, 0.4) is 0 Å². The molecule has 2 rings (SSSR count). The first-order valence-electron chi connectivity index (χ1n) is 5.85. The Morgan fingerprint density at radius 2 is 2.06 bits per heavy atom. The molecule has 0 aliphatic heterocycles. The van der Waals surface area contributed by atoms with Crippen LogP contribution in [0.5, 0.6) is 0 Å². The minimum Gasteiger partial charge on any atom is -0.273 e. The molecule has 1 fully saturated rings. The standard InChI is InChI=1S/C13H13F3NO/c14-13(15,16)10-4-1-3-9(7-10)8-12(18)17-11-5-2-6-11/h1,3-4,7,11H,2,5-6,8H2. The predicted molar refractivity (Wildman–Crippen MR) is 59.9 cm³/mol. The minimum atomic E-state index is -4.37. The zero-order valence-corrected chi connectivity index (χ0v) is 9.70. The molecule has 1 aliphatic rings. The molecule has 18 heavy (non-hydrogen) atoms. The van der Waals surface area contributed by atoms with Gasteiger partial charge >= 0.3 is 6.18 Å². The summed E-state index contributed by atoms with van der Waals surface area (Å²) < 4.78 is 37.4. The number of alkyl halides is 3. The van der Waals surface area contributed by atoms with Gasteiger partial charge in [0.25, 0.3) is 0 Å². The van der Waals surface area contributed by atoms with Crippen LogP contribution < -0.4 is 5.32 Å². The zero-order chi connectivity index (χ0) is 13.2. The summed E-state index contributed by atoms with van der Waals surface area (Å²) in [5, 5.41) is 3.95. The molecule has 1 aromatic carbocycles. The van der Waals surface area contributed by atoms with Gasteiger partial charge in [-0.3, -0.25) is 4.79 Å². The van der Waals surface area contributed by atoms with E-state index in [9.17, 15) is 18.0 Å². The first-order chi connectivity index (χ1) is 8.45. The molecule has 0 atom stereocenters. The van der Waals surface area contributed by atoms with Crippen molar-refractivity contribution >= 4 is 5.91 Å². The second-order valence-corrected chi connectivity index (χ2v) is 4.48. The number of nitrogens with zero attached hydrogens (tertiary/aromatic N) is 1. The van der Waals surface area contributed by atoms with Crippen LogP contribution in [0, 0.1) is 0 Å². The average molecular weight is 256 g/mol. The molecule has 0 heterocycles. The van der Waals surface area contributed by atoms with Gasteiger partial charge in [-0.2, -0.15) is 13.2 Å². The van der Waals surface area contributed by atoms with Gasteiger partial charge in [0, 0.05) is 0 Å². The van der Waals surface area contributed by atoms with E-state index in [0.29, 0.717) is 5.56 Å². The molecule has 0 unspecified atom stereocenters. The van der Waals surface area contributed by atoms with E-state index in [1.165, 1.54) is 12.1 Å². The molecule has 2 nitrogen and oxygen atoms in total. The van der Waals surface area contributed by atoms with Crippen LogP contribution in [0.4, 0.5) is 13.2 Å². The monoisotopic (exact) mass is 256 g/mol. The summed E-state index contributed by atoms with van der Waals surface area (Å²) in [6.07, 6.45) is -1.53. The second-order valence-electron chi connectivity index (χ2n) is 4.48. The van der Waals surface area contributed by atoms with Crippen LogP contribution in [0.1, 0.15) is 30.4 Å². The molecule has 0 aromatic heterocycles. The summed E-state index contributed by atoms with van der Waals surface area (Å²) in [5.41, 5.74) is -0.366. The molecule has 1 amide bonds. The number of halogens is 3. The van der Waals surface area contributed by atoms with Crippen molar-refractivity contribution in [1.82, 2.24) is 5.32 Å². The Labute approximate surface area is 103 Å². The van der Waals surface area contributed by atoms with Crippen molar-refractivity contribution in [2.75, 3.05) is 0 Å². The zero-order valence-electron chi connectivity index (χ0n) is 9.70. The fourth-order valence-electron chi connectivity index (χ4n) is 1.80. The Hall–Kier alpha value is -1.52. The third-order valence-corrected chi connectivity index (χ3v) is 3.01. The highest BCUT2D eigenvalue weighted by Crippen LogP contribution is 2.29. The molecular formula is C13H13F3NO. The van der Waals surface area contributed by atoms with E-state index >= 15 is 0 Å². The van der Waals surface area contributed by atoms with Crippen LogP contribution >= 0.6 is 0 Å². The van der Waals surface area contributed by atoms with Crippen molar-refractivity contribution < 1.29 is 18.0 Å². The van der Waals surface area contributed by atoms with Gasteiger partial charge in [0.05, 0.1) is 18.0 Å². The lowest BCUT2D eigenvalue weighted by Gasteiger charge is -2.23. The van der Waals surface area contributed by atoms with E-state index in [0.717, 1.165) is 31.4 Å². The number of hydrogen-bond acceptors (Lipinski definition) is 1. The first kappa shape index (κ1) is 12.9. The third-order valence-electron chi connectivity index (χ3n) is 3.01. The van der Waals surface area contributed by atoms with Crippen molar-refractivity contribution in [2.24, 2.45) is 0 Å². The Bertz CT molecular complexity index is 438. The molecule has 1 radical (unpaired) electrons. The average Bonchev–Trinajstić information content (AvgIpc) is 2.23. The number of benzene rings is 1. The van der Waals surface area contributed by atoms with E-state index in [1.54, 1.807) is 0 Å². The highest BCUT2D eigenvalue weighted by atomic mass is 19.4. The Morgan fingerprint density at radius 3 is 2.61 bits per heavy atom. The van der Waals surface area contributed by atoms with Crippen molar-refractivity contribution in [2.45, 2.75) is 37.9 Å². The molecule has 0 bridgehead atoms. The van der Waals surface area contributed by atoms with E-state index in [1.807, 2.05) is 0 Å². The SMILES string of the molecule is O=C(Cc1cccc(C(F)(F)F)c1)[N]C1CCC1. The molecule has 1 aromatic rings. The third kappa shape index (κ3) is 3.24. The smallest absolute Gasteiger partial charge is 0.273 e. The van der Waals surface area contributed by atoms with Gasteiger partial charge in [-0.1, -0.05) is 18.2 Å². The van der Waals surface area contributed by atoms with Crippen molar-refractivity contribution in [3.8, 4) is 0 Å². The summed E-state index contributed by atoms with van der Waals surface area (Å²) >= 11 is 0. The number of rotatable bonds is 3. The summed E-state index contributed by atoms with van der Waals surface area (Å²) in [6, 6.07) is 4.92. The van der Waals surface area contributed by atoms with Gasteiger partial charge in [0.15, 0.2) is 0 Å². The number of hydrogen-bond donors (Lipinski definition) is 0. The fourth-order valence-corrected chi connectivity index (χ4v) is 1.80. The molecular weight excluding hydrogens is 243 g/mol. The van der Waals surface area contributed by atoms with Crippen molar-refractivity contribution in [1.29, 1.82) is 0 Å². The number of amides is 1. The van der Waals surface area contributed by atoms with Crippen molar-refractivity contribution in [3.63, 3.8) is 0 Å². The molecule has 97 valence electrons. The first-order valence-corrected chi connectivity index (χ1v) is 5.85. The van der Waals surface area contributed by atoms with Gasteiger partial charge in [-0.15, -0.1) is 0 Å². The summed E-state index contributed by atoms with van der Waals surface area (Å²) in [6.45, 7) is 0. The minimum absolute atomic E-state index is 0.0551. The Balaban J connectivity index is 1.98. The molecule has 0 saturated heterocycles. The largest absolute Gasteiger partial charge is 0.416 e. The topological polar surface area (TPSA) is 31.2 Å². The van der Waals surface area contributed by atoms with Gasteiger partial charge in [0.2, 0.25) is 5.91 Å². The molecule has 1 saturated carbocycles. The molecule has 0 spiro atoms. The van der Waals surface area contributed by atoms with E-state index in [4.69, 9.17) is 0 Å². The molecule has 0 N–H and O–H groups in total. The number of carbonyl (C=O) groups excluding carboxylic acids is 1. The fraction of sp³-hybridized carbons (Fsp3) is 0.462. The van der Waals surface area contributed by atoms with Crippen LogP contribution in [0.15, 0.2) is 24.3 Å². The summed E-state index contributed by atoms with van der Waals surface area (Å²) in [5.74, 6) is -0.334. The van der Waals surface area contributed by atoms with E-state index in [-0.39, 0.29) is 18.4 Å². The second kappa shape index (κ2) is 5.00. The lowest BCUT2D eigenvalue weighted by atomic mass is 9.93. The predicted octanol–water partition coefficient (Wildman–Crippen LogP) is 2.93. The maximum Gasteiger partial charge on any atom is 0.416 e. The number of carbonyl (C=O) groups is 1. The van der Waals surface area contributed by atoms with Gasteiger partial charge in [0.1, 0.15) is 0 Å². The highest BCUT2D eigenvalue weighted by molar-refractivity contribution is 5.78. The maximum atomic E-state index is 12.5. The quantitative estimate of drug-likeness (QED) is 0.818. The Morgan fingerprint density at radius 1 is 1.33 bits per heavy atom. The summed E-state index contributed by atoms with van der Waals surface area (Å²) in [4.78, 5) is 11.5. The summed E-state index contributed by atoms with van der Waals surface area (Å²) in [7, 11) is 0. The molecule has 1 aliphatic carbocycles.